The zero-order chi connectivity index (χ0) is 14.4. The van der Waals surface area contributed by atoms with Gasteiger partial charge in [-0.2, -0.15) is 0 Å². The Balaban J connectivity index is 0.00000220. The molecule has 0 saturated carbocycles. The standard InChI is InChI=1S/C18H19NO.ClH/c1-19(2)15-9-14-18(20,16-10-5-3-6-11-16)17-12-7-4-8-13-17;/h3-8,10-13,20H,15H2,1-2H3;1H. The molecule has 0 fully saturated rings. The molecular formula is C18H20ClNO. The van der Waals surface area contributed by atoms with Crippen molar-refractivity contribution in [3.05, 3.63) is 71.8 Å². The van der Waals surface area contributed by atoms with E-state index in [2.05, 4.69) is 11.8 Å². The third kappa shape index (κ3) is 4.34. The third-order valence-corrected chi connectivity index (χ3v) is 3.05. The summed E-state index contributed by atoms with van der Waals surface area (Å²) in [5.74, 6) is 6.07. The summed E-state index contributed by atoms with van der Waals surface area (Å²) in [7, 11) is 3.91. The average Bonchev–Trinajstić information content (AvgIpc) is 2.48. The number of nitrogens with zero attached hydrogens (tertiary/aromatic N) is 1. The monoisotopic (exact) mass is 301 g/mol. The molecule has 0 aromatic heterocycles. The lowest BCUT2D eigenvalue weighted by Crippen LogP contribution is -2.25. The molecule has 2 rings (SSSR count). The van der Waals surface area contributed by atoms with Crippen LogP contribution in [-0.2, 0) is 5.60 Å². The van der Waals surface area contributed by atoms with Crippen molar-refractivity contribution < 1.29 is 5.11 Å². The molecule has 0 radical (unpaired) electrons. The molecule has 0 amide bonds. The van der Waals surface area contributed by atoms with Crippen molar-refractivity contribution in [1.82, 2.24) is 4.90 Å². The van der Waals surface area contributed by atoms with Gasteiger partial charge in [-0.25, -0.2) is 0 Å². The lowest BCUT2D eigenvalue weighted by molar-refractivity contribution is 0.145. The van der Waals surface area contributed by atoms with E-state index in [1.54, 1.807) is 0 Å². The van der Waals surface area contributed by atoms with Crippen LogP contribution in [0.5, 0.6) is 0 Å². The number of benzene rings is 2. The normalized spacial score (nSPS) is 10.5. The first-order valence-corrected chi connectivity index (χ1v) is 6.61. The predicted molar refractivity (Wildman–Crippen MR) is 89.5 cm³/mol. The molecule has 2 aromatic carbocycles. The highest BCUT2D eigenvalue weighted by Crippen LogP contribution is 2.28. The second-order valence-electron chi connectivity index (χ2n) is 4.98. The van der Waals surface area contributed by atoms with Crippen LogP contribution in [-0.4, -0.2) is 30.6 Å². The topological polar surface area (TPSA) is 23.5 Å². The van der Waals surface area contributed by atoms with Gasteiger partial charge < -0.3 is 5.11 Å². The Hall–Kier alpha value is -1.79. The van der Waals surface area contributed by atoms with E-state index in [4.69, 9.17) is 0 Å². The Morgan fingerprint density at radius 2 is 1.33 bits per heavy atom. The average molecular weight is 302 g/mol. The summed E-state index contributed by atoms with van der Waals surface area (Å²) in [6.45, 7) is 0.613. The van der Waals surface area contributed by atoms with Crippen molar-refractivity contribution in [2.24, 2.45) is 0 Å². The Labute approximate surface area is 132 Å². The summed E-state index contributed by atoms with van der Waals surface area (Å²) < 4.78 is 0. The molecule has 0 unspecified atom stereocenters. The first-order chi connectivity index (χ1) is 9.63. The summed E-state index contributed by atoms with van der Waals surface area (Å²) in [5.41, 5.74) is 0.313. The molecule has 0 atom stereocenters. The molecule has 0 bridgehead atoms. The van der Waals surface area contributed by atoms with Crippen LogP contribution < -0.4 is 0 Å². The largest absolute Gasteiger partial charge is 0.369 e. The van der Waals surface area contributed by atoms with Crippen LogP contribution in [0.2, 0.25) is 0 Å². The van der Waals surface area contributed by atoms with E-state index in [-0.39, 0.29) is 12.4 Å². The molecule has 3 heteroatoms. The lowest BCUT2D eigenvalue weighted by Gasteiger charge is -2.23. The van der Waals surface area contributed by atoms with Crippen LogP contribution in [0.3, 0.4) is 0 Å². The smallest absolute Gasteiger partial charge is 0.176 e. The highest BCUT2D eigenvalue weighted by Gasteiger charge is 2.28. The molecule has 0 aliphatic carbocycles. The maximum Gasteiger partial charge on any atom is 0.176 e. The highest BCUT2D eigenvalue weighted by atomic mass is 35.5. The first kappa shape index (κ1) is 17.3. The van der Waals surface area contributed by atoms with Crippen molar-refractivity contribution >= 4 is 12.4 Å². The summed E-state index contributed by atoms with van der Waals surface area (Å²) in [5, 5.41) is 11.1. The lowest BCUT2D eigenvalue weighted by atomic mass is 9.87. The van der Waals surface area contributed by atoms with Crippen LogP contribution >= 0.6 is 12.4 Å². The van der Waals surface area contributed by atoms with Crippen molar-refractivity contribution in [2.45, 2.75) is 5.60 Å². The van der Waals surface area contributed by atoms with Gasteiger partial charge in [0.2, 0.25) is 0 Å². The van der Waals surface area contributed by atoms with Gasteiger partial charge in [0, 0.05) is 11.1 Å². The summed E-state index contributed by atoms with van der Waals surface area (Å²) in [4.78, 5) is 1.98. The van der Waals surface area contributed by atoms with Crippen LogP contribution in [0.1, 0.15) is 11.1 Å². The van der Waals surface area contributed by atoms with E-state index >= 15 is 0 Å². The summed E-state index contributed by atoms with van der Waals surface area (Å²) >= 11 is 0. The number of aliphatic hydroxyl groups is 1. The molecule has 110 valence electrons. The fourth-order valence-corrected chi connectivity index (χ4v) is 2.00. The van der Waals surface area contributed by atoms with E-state index in [1.807, 2.05) is 79.7 Å². The van der Waals surface area contributed by atoms with Crippen molar-refractivity contribution in [1.29, 1.82) is 0 Å². The van der Waals surface area contributed by atoms with E-state index in [9.17, 15) is 5.11 Å². The van der Waals surface area contributed by atoms with E-state index in [0.29, 0.717) is 6.54 Å². The van der Waals surface area contributed by atoms with E-state index < -0.39 is 5.60 Å². The third-order valence-electron chi connectivity index (χ3n) is 3.05. The second-order valence-corrected chi connectivity index (χ2v) is 4.98. The maximum absolute atomic E-state index is 11.1. The minimum atomic E-state index is -1.27. The predicted octanol–water partition coefficient (Wildman–Crippen LogP) is 2.91. The highest BCUT2D eigenvalue weighted by molar-refractivity contribution is 5.85. The first-order valence-electron chi connectivity index (χ1n) is 6.61. The molecule has 0 saturated heterocycles. The number of halogens is 1. The van der Waals surface area contributed by atoms with Gasteiger partial charge in [0.05, 0.1) is 6.54 Å². The van der Waals surface area contributed by atoms with E-state index in [1.165, 1.54) is 0 Å². The molecule has 2 aromatic rings. The Bertz CT molecular complexity index is 560. The molecule has 1 N–H and O–H groups in total. The summed E-state index contributed by atoms with van der Waals surface area (Å²) in [6.07, 6.45) is 0. The van der Waals surface area contributed by atoms with Crippen LogP contribution in [0.15, 0.2) is 60.7 Å². The van der Waals surface area contributed by atoms with Crippen molar-refractivity contribution in [2.75, 3.05) is 20.6 Å². The second kappa shape index (κ2) is 7.85. The van der Waals surface area contributed by atoms with Gasteiger partial charge in [0.15, 0.2) is 5.60 Å². The molecule has 21 heavy (non-hydrogen) atoms. The minimum absolute atomic E-state index is 0. The SMILES string of the molecule is CN(C)CC#CC(O)(c1ccccc1)c1ccccc1.Cl. The molecule has 0 aliphatic heterocycles. The van der Waals surface area contributed by atoms with Crippen LogP contribution in [0.25, 0.3) is 0 Å². The number of hydrogen-bond acceptors (Lipinski definition) is 2. The van der Waals surface area contributed by atoms with Crippen molar-refractivity contribution in [3.63, 3.8) is 0 Å². The molecule has 0 heterocycles. The van der Waals surface area contributed by atoms with Crippen molar-refractivity contribution in [3.8, 4) is 11.8 Å². The Kier molecular flexibility index (Phi) is 6.45. The van der Waals surface area contributed by atoms with Gasteiger partial charge in [-0.1, -0.05) is 72.5 Å². The molecule has 0 aliphatic rings. The number of rotatable bonds is 3. The van der Waals surface area contributed by atoms with Gasteiger partial charge in [-0.3, -0.25) is 4.90 Å². The fraction of sp³-hybridized carbons (Fsp3) is 0.222. The van der Waals surface area contributed by atoms with Gasteiger partial charge in [0.1, 0.15) is 0 Å². The van der Waals surface area contributed by atoms with Gasteiger partial charge >= 0.3 is 0 Å². The molecular weight excluding hydrogens is 282 g/mol. The Morgan fingerprint density at radius 1 is 0.905 bits per heavy atom. The van der Waals surface area contributed by atoms with Gasteiger partial charge in [-0.05, 0) is 14.1 Å². The zero-order valence-electron chi connectivity index (χ0n) is 12.3. The zero-order valence-corrected chi connectivity index (χ0v) is 13.1. The maximum atomic E-state index is 11.1. The van der Waals surface area contributed by atoms with Gasteiger partial charge in [0.25, 0.3) is 0 Å². The number of hydrogen-bond donors (Lipinski definition) is 1. The quantitative estimate of drug-likeness (QED) is 0.881. The molecule has 0 spiro atoms. The minimum Gasteiger partial charge on any atom is -0.369 e. The summed E-state index contributed by atoms with van der Waals surface area (Å²) in [6, 6.07) is 19.1. The van der Waals surface area contributed by atoms with Gasteiger partial charge in [-0.15, -0.1) is 12.4 Å². The van der Waals surface area contributed by atoms with Crippen LogP contribution in [0.4, 0.5) is 0 Å². The van der Waals surface area contributed by atoms with E-state index in [0.717, 1.165) is 11.1 Å². The fourth-order valence-electron chi connectivity index (χ4n) is 2.00. The van der Waals surface area contributed by atoms with Crippen LogP contribution in [0, 0.1) is 11.8 Å². The Morgan fingerprint density at radius 3 is 1.71 bits per heavy atom. The molecule has 2 nitrogen and oxygen atoms in total.